The zero-order valence-electron chi connectivity index (χ0n) is 19.2. The van der Waals surface area contributed by atoms with E-state index in [9.17, 15) is 31.1 Å². The van der Waals surface area contributed by atoms with E-state index in [-0.39, 0.29) is 12.2 Å². The van der Waals surface area contributed by atoms with E-state index in [1.807, 2.05) is 6.92 Å². The topological polar surface area (TPSA) is 85.4 Å². The average molecular weight is 503 g/mol. The van der Waals surface area contributed by atoms with Gasteiger partial charge >= 0.3 is 6.18 Å². The molecule has 1 N–H and O–H groups in total. The van der Waals surface area contributed by atoms with Crippen molar-refractivity contribution < 1.29 is 31.1 Å². The van der Waals surface area contributed by atoms with Gasteiger partial charge in [-0.1, -0.05) is 38.3 Å². The lowest BCUT2D eigenvalue weighted by molar-refractivity contribution is -0.141. The molecule has 1 aromatic carbocycles. The Bertz CT molecular complexity index is 1020. The van der Waals surface area contributed by atoms with E-state index in [0.29, 0.717) is 29.7 Å². The lowest BCUT2D eigenvalue weighted by atomic mass is 9.99. The number of aryl methyl sites for hydroxylation is 1. The number of amides is 1. The summed E-state index contributed by atoms with van der Waals surface area (Å²) in [5.74, 6) is -2.03. The number of hydrogen-bond acceptors (Lipinski definition) is 4. The van der Waals surface area contributed by atoms with E-state index in [2.05, 4.69) is 10.3 Å². The molecule has 2 rings (SSSR count). The second-order valence-electron chi connectivity index (χ2n) is 7.98. The number of nitrogens with one attached hydrogen (secondary N) is 1. The monoisotopic (exact) mass is 502 g/mol. The summed E-state index contributed by atoms with van der Waals surface area (Å²) in [6.07, 6.45) is -0.674. The Morgan fingerprint density at radius 2 is 1.91 bits per heavy atom. The lowest BCUT2D eigenvalue weighted by Gasteiger charge is -2.22. The Kier molecular flexibility index (Phi) is 9.99. The van der Waals surface area contributed by atoms with E-state index in [1.54, 1.807) is 6.92 Å². The van der Waals surface area contributed by atoms with E-state index in [4.69, 9.17) is 0 Å². The van der Waals surface area contributed by atoms with E-state index in [1.165, 1.54) is 25.2 Å². The van der Waals surface area contributed by atoms with Crippen LogP contribution in [0.1, 0.15) is 68.0 Å². The highest BCUT2D eigenvalue weighted by atomic mass is 32.2. The zero-order chi connectivity index (χ0) is 25.5. The van der Waals surface area contributed by atoms with Gasteiger partial charge in [-0.3, -0.25) is 9.00 Å². The predicted molar refractivity (Wildman–Crippen MR) is 121 cm³/mol. The largest absolute Gasteiger partial charge is 0.755 e. The molecule has 34 heavy (non-hydrogen) atoms. The van der Waals surface area contributed by atoms with Gasteiger partial charge in [0.15, 0.2) is 0 Å². The molecule has 0 aliphatic heterocycles. The maximum atomic E-state index is 14.3. The van der Waals surface area contributed by atoms with Crippen molar-refractivity contribution in [3.63, 3.8) is 0 Å². The molecule has 2 atom stereocenters. The van der Waals surface area contributed by atoms with Crippen molar-refractivity contribution in [3.05, 3.63) is 58.7 Å². The summed E-state index contributed by atoms with van der Waals surface area (Å²) < 4.78 is 76.4. The van der Waals surface area contributed by atoms with Crippen molar-refractivity contribution >= 4 is 22.9 Å². The van der Waals surface area contributed by atoms with Crippen LogP contribution in [0.25, 0.3) is 0 Å². The van der Waals surface area contributed by atoms with Crippen molar-refractivity contribution in [2.24, 2.45) is 0 Å². The van der Waals surface area contributed by atoms with Gasteiger partial charge < -0.3 is 14.2 Å². The van der Waals surface area contributed by atoms with Crippen LogP contribution in [0.2, 0.25) is 0 Å². The van der Waals surface area contributed by atoms with E-state index >= 15 is 0 Å². The van der Waals surface area contributed by atoms with Crippen LogP contribution >= 0.6 is 0 Å². The molecule has 11 heteroatoms. The summed E-state index contributed by atoms with van der Waals surface area (Å²) in [5.41, 5.74) is -0.0163. The molecule has 6 nitrogen and oxygen atoms in total. The van der Waals surface area contributed by atoms with Gasteiger partial charge in [0, 0.05) is 30.6 Å². The van der Waals surface area contributed by atoms with Crippen LogP contribution in [0.15, 0.2) is 30.3 Å². The average Bonchev–Trinajstić information content (AvgIpc) is 2.78. The number of alkyl halides is 3. The second-order valence-corrected chi connectivity index (χ2v) is 8.96. The summed E-state index contributed by atoms with van der Waals surface area (Å²) in [7, 11) is 1.19. The number of halogens is 4. The van der Waals surface area contributed by atoms with Crippen molar-refractivity contribution in [1.82, 2.24) is 10.3 Å². The third-order valence-corrected chi connectivity index (χ3v) is 6.15. The first-order chi connectivity index (χ1) is 16.0. The Labute approximate surface area is 199 Å². The summed E-state index contributed by atoms with van der Waals surface area (Å²) >= 11 is -2.65. The Morgan fingerprint density at radius 3 is 2.50 bits per heavy atom. The molecule has 1 amide bonds. The fourth-order valence-electron chi connectivity index (χ4n) is 3.40. The van der Waals surface area contributed by atoms with Crippen LogP contribution in [0.5, 0.6) is 0 Å². The lowest BCUT2D eigenvalue weighted by Crippen LogP contribution is -2.28. The minimum atomic E-state index is -4.56. The highest BCUT2D eigenvalue weighted by Crippen LogP contribution is 2.29. The minimum absolute atomic E-state index is 0.0180. The van der Waals surface area contributed by atoms with Crippen molar-refractivity contribution in [1.29, 1.82) is 0 Å². The van der Waals surface area contributed by atoms with Crippen LogP contribution in [-0.2, 0) is 35.2 Å². The molecule has 0 aliphatic carbocycles. The highest BCUT2D eigenvalue weighted by molar-refractivity contribution is 7.80. The molecular weight excluding hydrogens is 474 g/mol. The van der Waals surface area contributed by atoms with Gasteiger partial charge in [-0.25, -0.2) is 9.37 Å². The summed E-state index contributed by atoms with van der Waals surface area (Å²) in [6, 6.07) is 6.01. The Hall–Kier alpha value is -2.53. The molecular formula is C23H28F4N3O3S-. The summed E-state index contributed by atoms with van der Waals surface area (Å²) in [4.78, 5) is 16.4. The summed E-state index contributed by atoms with van der Waals surface area (Å²) in [5, 5.41) is 2.68. The van der Waals surface area contributed by atoms with Gasteiger partial charge in [0.1, 0.15) is 11.5 Å². The molecule has 0 saturated heterocycles. The molecule has 2 aromatic rings. The number of pyridine rings is 1. The van der Waals surface area contributed by atoms with Crippen molar-refractivity contribution in [3.8, 4) is 0 Å². The van der Waals surface area contributed by atoms with Crippen molar-refractivity contribution in [2.45, 2.75) is 64.6 Å². The van der Waals surface area contributed by atoms with Crippen LogP contribution in [0.4, 0.5) is 23.2 Å². The first kappa shape index (κ1) is 27.7. The number of aromatic nitrogens is 1. The van der Waals surface area contributed by atoms with Gasteiger partial charge in [0.2, 0.25) is 5.91 Å². The van der Waals surface area contributed by atoms with Crippen LogP contribution in [-0.4, -0.2) is 26.7 Å². The number of benzene rings is 1. The predicted octanol–water partition coefficient (Wildman–Crippen LogP) is 5.01. The quantitative estimate of drug-likeness (QED) is 0.266. The molecule has 0 radical (unpaired) electrons. The molecule has 188 valence electrons. The summed E-state index contributed by atoms with van der Waals surface area (Å²) in [6.45, 7) is 3.57. The smallest absolute Gasteiger partial charge is 0.433 e. The number of unbranched alkanes of at least 4 members (excludes halogenated alkanes) is 3. The van der Waals surface area contributed by atoms with Crippen molar-refractivity contribution in [2.75, 3.05) is 11.4 Å². The molecule has 0 fully saturated rings. The van der Waals surface area contributed by atoms with Crippen LogP contribution < -0.4 is 9.62 Å². The number of rotatable bonds is 11. The molecule has 0 aliphatic rings. The Balaban J connectivity index is 2.13. The standard InChI is InChI=1S/C23H29F4N3O3S/c1-4-5-6-7-8-19-17(10-12-21(29-19)23(25,26)27)14-28-22(31)15(2)16-9-11-20(18(24)13-16)30(3)34(32)33/h9-13,15H,4-8,14H2,1-3H3,(H,28,31)(H,32,33)/p-1. The molecule has 0 saturated carbocycles. The van der Waals surface area contributed by atoms with E-state index in [0.717, 1.165) is 35.7 Å². The number of carbonyl (C=O) groups is 1. The second kappa shape index (κ2) is 12.3. The first-order valence-corrected chi connectivity index (χ1v) is 11.9. The molecule has 2 unspecified atom stereocenters. The normalized spacial score (nSPS) is 13.4. The van der Waals surface area contributed by atoms with Gasteiger partial charge in [0.25, 0.3) is 0 Å². The molecule has 0 bridgehead atoms. The van der Waals surface area contributed by atoms with Gasteiger partial charge in [-0.15, -0.1) is 0 Å². The highest BCUT2D eigenvalue weighted by Gasteiger charge is 2.33. The number of hydrogen-bond donors (Lipinski definition) is 1. The Morgan fingerprint density at radius 1 is 1.21 bits per heavy atom. The first-order valence-electron chi connectivity index (χ1n) is 10.9. The maximum Gasteiger partial charge on any atom is 0.433 e. The maximum absolute atomic E-state index is 14.3. The molecule has 1 aromatic heterocycles. The third kappa shape index (κ3) is 7.49. The van der Waals surface area contributed by atoms with Gasteiger partial charge in [-0.2, -0.15) is 13.2 Å². The third-order valence-electron chi connectivity index (χ3n) is 5.51. The van der Waals surface area contributed by atoms with Gasteiger partial charge in [-0.05, 0) is 49.1 Å². The fraction of sp³-hybridized carbons (Fsp3) is 0.478. The molecule has 0 spiro atoms. The van der Waals surface area contributed by atoms with Crippen LogP contribution in [0, 0.1) is 5.82 Å². The fourth-order valence-corrected chi connectivity index (χ4v) is 3.71. The SMILES string of the molecule is CCCCCCc1nc(C(F)(F)F)ccc1CNC(=O)C(C)c1ccc(N(C)S(=O)[O-])c(F)c1. The number of carbonyl (C=O) groups excluding carboxylic acids is 1. The van der Waals surface area contributed by atoms with Gasteiger partial charge in [0.05, 0.1) is 11.6 Å². The van der Waals surface area contributed by atoms with Crippen LogP contribution in [0.3, 0.4) is 0 Å². The minimum Gasteiger partial charge on any atom is -0.755 e. The van der Waals surface area contributed by atoms with E-state index < -0.39 is 40.8 Å². The molecule has 1 heterocycles. The number of nitrogens with zero attached hydrogens (tertiary/aromatic N) is 2. The number of anilines is 1. The zero-order valence-corrected chi connectivity index (χ0v) is 20.1.